The summed E-state index contributed by atoms with van der Waals surface area (Å²) < 4.78 is 31.6. The zero-order chi connectivity index (χ0) is 23.2. The molecule has 0 saturated carbocycles. The van der Waals surface area contributed by atoms with E-state index in [2.05, 4.69) is 20.2 Å². The van der Waals surface area contributed by atoms with Crippen LogP contribution >= 0.6 is 0 Å². The number of hydrogen-bond acceptors (Lipinski definition) is 6. The van der Waals surface area contributed by atoms with Crippen LogP contribution in [0.5, 0.6) is 0 Å². The van der Waals surface area contributed by atoms with Gasteiger partial charge in [0.15, 0.2) is 5.65 Å². The number of nitrogens with zero attached hydrogens (tertiary/aromatic N) is 8. The Labute approximate surface area is 193 Å². The van der Waals surface area contributed by atoms with Crippen molar-refractivity contribution in [2.24, 2.45) is 0 Å². The second kappa shape index (κ2) is 7.98. The quantitative estimate of drug-likeness (QED) is 0.374. The number of fused-ring (bicyclic) bond motifs is 1. The predicted octanol–water partition coefficient (Wildman–Crippen LogP) is 4.30. The Balaban J connectivity index is 1.38. The molecule has 5 aromatic rings. The van der Waals surface area contributed by atoms with Crippen molar-refractivity contribution in [2.75, 3.05) is 11.4 Å². The minimum absolute atomic E-state index is 0.108. The van der Waals surface area contributed by atoms with Gasteiger partial charge in [0.05, 0.1) is 18.4 Å². The molecular formula is C24H20F2N8. The maximum Gasteiger partial charge on any atom is 0.213 e. The molecule has 0 radical (unpaired) electrons. The number of aromatic nitrogens is 7. The van der Waals surface area contributed by atoms with E-state index < -0.39 is 11.8 Å². The molecule has 10 heteroatoms. The average molecular weight is 458 g/mol. The maximum atomic E-state index is 14.5. The van der Waals surface area contributed by atoms with E-state index in [0.29, 0.717) is 30.1 Å². The smallest absolute Gasteiger partial charge is 0.213 e. The van der Waals surface area contributed by atoms with Crippen LogP contribution in [0, 0.1) is 18.7 Å². The molecule has 5 aromatic heterocycles. The molecule has 6 rings (SSSR count). The topological polar surface area (TPSA) is 77.0 Å². The van der Waals surface area contributed by atoms with Crippen LogP contribution in [0.1, 0.15) is 30.1 Å². The SMILES string of the molecule is Cc1cncc(-c2cnn(-c3cnn4ccc(N5CCC[C@H]5c5nc(F)ccc5F)nc34)c2)c1. The summed E-state index contributed by atoms with van der Waals surface area (Å²) in [5.41, 5.74) is 4.39. The minimum Gasteiger partial charge on any atom is -0.348 e. The van der Waals surface area contributed by atoms with Crippen molar-refractivity contribution < 1.29 is 8.78 Å². The van der Waals surface area contributed by atoms with E-state index in [1.165, 1.54) is 0 Å². The van der Waals surface area contributed by atoms with E-state index in [1.807, 2.05) is 36.4 Å². The lowest BCUT2D eigenvalue weighted by Crippen LogP contribution is -2.25. The van der Waals surface area contributed by atoms with Crippen molar-refractivity contribution in [3.8, 4) is 16.8 Å². The molecule has 34 heavy (non-hydrogen) atoms. The number of halogens is 2. The van der Waals surface area contributed by atoms with Crippen molar-refractivity contribution in [3.63, 3.8) is 0 Å². The van der Waals surface area contributed by atoms with E-state index in [9.17, 15) is 8.78 Å². The summed E-state index contributed by atoms with van der Waals surface area (Å²) in [5, 5.41) is 8.91. The average Bonchev–Trinajstić information content (AvgIpc) is 3.59. The molecule has 0 aromatic carbocycles. The number of pyridine rings is 2. The monoisotopic (exact) mass is 458 g/mol. The van der Waals surface area contributed by atoms with Gasteiger partial charge in [-0.2, -0.15) is 14.6 Å². The highest BCUT2D eigenvalue weighted by atomic mass is 19.1. The molecule has 0 bridgehead atoms. The van der Waals surface area contributed by atoms with Crippen LogP contribution in [0.3, 0.4) is 0 Å². The fourth-order valence-electron chi connectivity index (χ4n) is 4.48. The molecule has 0 unspecified atom stereocenters. The molecule has 1 aliphatic heterocycles. The normalized spacial score (nSPS) is 16.0. The molecule has 1 fully saturated rings. The zero-order valence-electron chi connectivity index (χ0n) is 18.3. The first-order valence-electron chi connectivity index (χ1n) is 11.0. The zero-order valence-corrected chi connectivity index (χ0v) is 18.3. The van der Waals surface area contributed by atoms with E-state index in [1.54, 1.807) is 34.0 Å². The summed E-state index contributed by atoms with van der Waals surface area (Å²) in [6, 6.07) is 5.65. The van der Waals surface area contributed by atoms with Gasteiger partial charge in [-0.1, -0.05) is 0 Å². The molecule has 0 aliphatic carbocycles. The Morgan fingerprint density at radius 3 is 2.76 bits per heavy atom. The van der Waals surface area contributed by atoms with Crippen LogP contribution in [0.15, 0.2) is 61.4 Å². The van der Waals surface area contributed by atoms with Gasteiger partial charge in [-0.25, -0.2) is 23.6 Å². The lowest BCUT2D eigenvalue weighted by atomic mass is 10.1. The molecule has 170 valence electrons. The number of anilines is 1. The second-order valence-electron chi connectivity index (χ2n) is 8.36. The summed E-state index contributed by atoms with van der Waals surface area (Å²) in [6.07, 6.45) is 12.3. The molecule has 0 N–H and O–H groups in total. The minimum atomic E-state index is -0.692. The fourth-order valence-corrected chi connectivity index (χ4v) is 4.48. The van der Waals surface area contributed by atoms with Crippen LogP contribution in [0.2, 0.25) is 0 Å². The standard InChI is InChI=1S/C24H20F2N8/c1-15-9-16(11-27-10-15)17-12-28-34(14-17)20-13-29-33-8-6-22(31-24(20)33)32-7-2-3-19(32)23-18(25)4-5-21(26)30-23/h4-6,8-14,19H,2-3,7H2,1H3/t19-/m0/s1. The molecule has 8 nitrogen and oxygen atoms in total. The van der Waals surface area contributed by atoms with Crippen LogP contribution in [0.4, 0.5) is 14.6 Å². The number of hydrogen-bond donors (Lipinski definition) is 0. The molecule has 0 amide bonds. The second-order valence-corrected chi connectivity index (χ2v) is 8.36. The van der Waals surface area contributed by atoms with Crippen LogP contribution < -0.4 is 4.90 Å². The Bertz CT molecular complexity index is 1510. The molecule has 6 heterocycles. The first-order chi connectivity index (χ1) is 16.6. The van der Waals surface area contributed by atoms with Gasteiger partial charge < -0.3 is 4.90 Å². The summed E-state index contributed by atoms with van der Waals surface area (Å²) in [6.45, 7) is 2.66. The Hall–Kier alpha value is -4.21. The van der Waals surface area contributed by atoms with E-state index in [-0.39, 0.29) is 11.7 Å². The summed E-state index contributed by atoms with van der Waals surface area (Å²) in [5.74, 6) is -0.556. The summed E-state index contributed by atoms with van der Waals surface area (Å²) in [7, 11) is 0. The largest absolute Gasteiger partial charge is 0.348 e. The molecule has 1 aliphatic rings. The highest BCUT2D eigenvalue weighted by molar-refractivity contribution is 5.65. The fraction of sp³-hybridized carbons (Fsp3) is 0.208. The van der Waals surface area contributed by atoms with Gasteiger partial charge in [0.2, 0.25) is 5.95 Å². The Morgan fingerprint density at radius 1 is 0.971 bits per heavy atom. The van der Waals surface area contributed by atoms with E-state index in [0.717, 1.165) is 35.2 Å². The maximum absolute atomic E-state index is 14.5. The first kappa shape index (κ1) is 20.4. The third kappa shape index (κ3) is 3.47. The summed E-state index contributed by atoms with van der Waals surface area (Å²) in [4.78, 5) is 14.9. The predicted molar refractivity (Wildman–Crippen MR) is 122 cm³/mol. The number of aryl methyl sites for hydroxylation is 1. The van der Waals surface area contributed by atoms with Crippen molar-refractivity contribution >= 4 is 11.5 Å². The first-order valence-corrected chi connectivity index (χ1v) is 11.0. The van der Waals surface area contributed by atoms with Crippen LogP contribution in [-0.4, -0.2) is 40.9 Å². The van der Waals surface area contributed by atoms with Gasteiger partial charge in [0.1, 0.15) is 23.0 Å². The highest BCUT2D eigenvalue weighted by Crippen LogP contribution is 2.36. The van der Waals surface area contributed by atoms with Gasteiger partial charge in [-0.15, -0.1) is 0 Å². The molecule has 1 atom stereocenters. The van der Waals surface area contributed by atoms with Gasteiger partial charge >= 0.3 is 0 Å². The van der Waals surface area contributed by atoms with Gasteiger partial charge in [-0.05, 0) is 49.6 Å². The van der Waals surface area contributed by atoms with E-state index in [4.69, 9.17) is 4.98 Å². The van der Waals surface area contributed by atoms with Crippen LogP contribution in [0.25, 0.3) is 22.5 Å². The lowest BCUT2D eigenvalue weighted by molar-refractivity contribution is 0.518. The van der Waals surface area contributed by atoms with Crippen molar-refractivity contribution in [1.82, 2.24) is 34.3 Å². The molecular weight excluding hydrogens is 438 g/mol. The lowest BCUT2D eigenvalue weighted by Gasteiger charge is -2.25. The summed E-state index contributed by atoms with van der Waals surface area (Å²) >= 11 is 0. The Morgan fingerprint density at radius 2 is 1.88 bits per heavy atom. The van der Waals surface area contributed by atoms with Crippen molar-refractivity contribution in [3.05, 3.63) is 84.5 Å². The molecule has 0 spiro atoms. The third-order valence-electron chi connectivity index (χ3n) is 6.08. The van der Waals surface area contributed by atoms with Crippen molar-refractivity contribution in [1.29, 1.82) is 0 Å². The van der Waals surface area contributed by atoms with Crippen LogP contribution in [-0.2, 0) is 0 Å². The van der Waals surface area contributed by atoms with Gasteiger partial charge in [0.25, 0.3) is 0 Å². The third-order valence-corrected chi connectivity index (χ3v) is 6.08. The van der Waals surface area contributed by atoms with E-state index >= 15 is 0 Å². The van der Waals surface area contributed by atoms with Gasteiger partial charge in [-0.3, -0.25) is 4.98 Å². The Kier molecular flexibility index (Phi) is 4.79. The number of rotatable bonds is 4. The molecule has 1 saturated heterocycles. The van der Waals surface area contributed by atoms with Gasteiger partial charge in [0, 0.05) is 42.5 Å². The highest BCUT2D eigenvalue weighted by Gasteiger charge is 2.31. The van der Waals surface area contributed by atoms with Crippen molar-refractivity contribution in [2.45, 2.75) is 25.8 Å².